The average molecular weight is 183 g/mol. The summed E-state index contributed by atoms with van der Waals surface area (Å²) in [5, 5.41) is 13.0. The molecule has 1 aliphatic rings. The number of rotatable bonds is 2. The Morgan fingerprint density at radius 1 is 1.62 bits per heavy atom. The van der Waals surface area contributed by atoms with Crippen molar-refractivity contribution in [1.29, 1.82) is 0 Å². The molecule has 1 aliphatic heterocycles. The van der Waals surface area contributed by atoms with Crippen LogP contribution in [-0.2, 0) is 4.74 Å². The first-order chi connectivity index (χ1) is 6.38. The van der Waals surface area contributed by atoms with Crippen molar-refractivity contribution in [3.05, 3.63) is 24.2 Å². The van der Waals surface area contributed by atoms with E-state index < -0.39 is 6.10 Å². The Morgan fingerprint density at radius 2 is 2.54 bits per heavy atom. The van der Waals surface area contributed by atoms with Crippen molar-refractivity contribution < 1.29 is 14.3 Å². The van der Waals surface area contributed by atoms with Gasteiger partial charge in [0.1, 0.15) is 0 Å². The minimum atomic E-state index is -0.543. The lowest BCUT2D eigenvalue weighted by Crippen LogP contribution is -2.44. The van der Waals surface area contributed by atoms with Crippen molar-refractivity contribution in [1.82, 2.24) is 5.32 Å². The van der Waals surface area contributed by atoms with Gasteiger partial charge in [0.25, 0.3) is 0 Å². The van der Waals surface area contributed by atoms with Gasteiger partial charge < -0.3 is 19.6 Å². The molecule has 0 amide bonds. The maximum Gasteiger partial charge on any atom is 0.0996 e. The maximum absolute atomic E-state index is 9.83. The fourth-order valence-electron chi connectivity index (χ4n) is 1.46. The van der Waals surface area contributed by atoms with Crippen LogP contribution in [-0.4, -0.2) is 30.9 Å². The van der Waals surface area contributed by atoms with E-state index in [-0.39, 0.29) is 6.04 Å². The van der Waals surface area contributed by atoms with Crippen LogP contribution < -0.4 is 5.32 Å². The molecule has 1 saturated heterocycles. The Bertz CT molecular complexity index is 241. The predicted octanol–water partition coefficient (Wildman–Crippen LogP) is 0.301. The Hall–Kier alpha value is -0.840. The van der Waals surface area contributed by atoms with Gasteiger partial charge in [-0.05, 0) is 6.07 Å². The number of hydrogen-bond acceptors (Lipinski definition) is 4. The third-order valence-electron chi connectivity index (χ3n) is 2.22. The lowest BCUT2D eigenvalue weighted by Gasteiger charge is -2.27. The molecule has 0 bridgehead atoms. The molecule has 4 heteroatoms. The molecule has 0 aromatic carbocycles. The molecule has 4 nitrogen and oxygen atoms in total. The molecule has 2 rings (SSSR count). The van der Waals surface area contributed by atoms with Gasteiger partial charge >= 0.3 is 0 Å². The molecular formula is C9H13NO3. The first-order valence-corrected chi connectivity index (χ1v) is 4.39. The van der Waals surface area contributed by atoms with Crippen molar-refractivity contribution in [2.45, 2.75) is 12.1 Å². The van der Waals surface area contributed by atoms with Gasteiger partial charge in [0.15, 0.2) is 0 Å². The third kappa shape index (κ3) is 1.91. The maximum atomic E-state index is 9.83. The van der Waals surface area contributed by atoms with Crippen LogP contribution in [0.1, 0.15) is 11.7 Å². The third-order valence-corrected chi connectivity index (χ3v) is 2.22. The Morgan fingerprint density at radius 3 is 3.15 bits per heavy atom. The van der Waals surface area contributed by atoms with Crippen molar-refractivity contribution in [2.75, 3.05) is 19.8 Å². The summed E-state index contributed by atoms with van der Waals surface area (Å²) in [5.74, 6) is 0. The van der Waals surface area contributed by atoms with E-state index in [9.17, 15) is 5.11 Å². The number of aliphatic hydroxyl groups excluding tert-OH is 1. The first kappa shape index (κ1) is 8.74. The van der Waals surface area contributed by atoms with E-state index in [1.54, 1.807) is 18.6 Å². The predicted molar refractivity (Wildman–Crippen MR) is 46.3 cm³/mol. The SMILES string of the molecule is OC(c1ccoc1)C1COCCN1. The molecule has 2 heterocycles. The van der Waals surface area contributed by atoms with Crippen LogP contribution in [0.5, 0.6) is 0 Å². The molecule has 0 spiro atoms. The van der Waals surface area contributed by atoms with E-state index in [1.165, 1.54) is 0 Å². The second-order valence-corrected chi connectivity index (χ2v) is 3.14. The number of furan rings is 1. The zero-order valence-electron chi connectivity index (χ0n) is 7.27. The quantitative estimate of drug-likeness (QED) is 0.692. The van der Waals surface area contributed by atoms with Gasteiger partial charge in [0.2, 0.25) is 0 Å². The fraction of sp³-hybridized carbons (Fsp3) is 0.556. The smallest absolute Gasteiger partial charge is 0.0996 e. The standard InChI is InChI=1S/C9H13NO3/c11-9(7-1-3-12-5-7)8-6-13-4-2-10-8/h1,3,5,8-11H,2,4,6H2. The summed E-state index contributed by atoms with van der Waals surface area (Å²) >= 11 is 0. The Labute approximate surface area is 76.5 Å². The topological polar surface area (TPSA) is 54.6 Å². The van der Waals surface area contributed by atoms with E-state index in [2.05, 4.69) is 5.32 Å². The average Bonchev–Trinajstić information content (AvgIpc) is 2.71. The van der Waals surface area contributed by atoms with Crippen molar-refractivity contribution in [3.63, 3.8) is 0 Å². The Kier molecular flexibility index (Phi) is 2.63. The van der Waals surface area contributed by atoms with Gasteiger partial charge in [0.05, 0.1) is 37.9 Å². The minimum absolute atomic E-state index is 0.0219. The highest BCUT2D eigenvalue weighted by Crippen LogP contribution is 2.18. The lowest BCUT2D eigenvalue weighted by molar-refractivity contribution is 0.0175. The summed E-state index contributed by atoms with van der Waals surface area (Å²) in [6.07, 6.45) is 2.57. The molecule has 1 aromatic heterocycles. The van der Waals surface area contributed by atoms with E-state index in [1.807, 2.05) is 0 Å². The van der Waals surface area contributed by atoms with Gasteiger partial charge in [-0.15, -0.1) is 0 Å². The molecule has 2 atom stereocenters. The fourth-order valence-corrected chi connectivity index (χ4v) is 1.46. The van der Waals surface area contributed by atoms with E-state index in [4.69, 9.17) is 9.15 Å². The number of morpholine rings is 1. The van der Waals surface area contributed by atoms with Crippen molar-refractivity contribution >= 4 is 0 Å². The summed E-state index contributed by atoms with van der Waals surface area (Å²) in [6, 6.07) is 1.74. The molecule has 1 aromatic rings. The van der Waals surface area contributed by atoms with Crippen LogP contribution in [0.2, 0.25) is 0 Å². The molecular weight excluding hydrogens is 170 g/mol. The van der Waals surface area contributed by atoms with Gasteiger partial charge in [-0.1, -0.05) is 0 Å². The molecule has 0 aliphatic carbocycles. The minimum Gasteiger partial charge on any atom is -0.472 e. The molecule has 0 saturated carbocycles. The van der Waals surface area contributed by atoms with Gasteiger partial charge in [-0.25, -0.2) is 0 Å². The van der Waals surface area contributed by atoms with E-state index >= 15 is 0 Å². The summed E-state index contributed by atoms with van der Waals surface area (Å²) in [7, 11) is 0. The summed E-state index contributed by atoms with van der Waals surface area (Å²) < 4.78 is 10.1. The molecule has 1 fully saturated rings. The molecule has 2 N–H and O–H groups in total. The number of ether oxygens (including phenoxy) is 1. The first-order valence-electron chi connectivity index (χ1n) is 4.39. The van der Waals surface area contributed by atoms with Crippen LogP contribution in [0.25, 0.3) is 0 Å². The molecule has 0 radical (unpaired) electrons. The van der Waals surface area contributed by atoms with Crippen LogP contribution in [0, 0.1) is 0 Å². The Balaban J connectivity index is 1.99. The van der Waals surface area contributed by atoms with Gasteiger partial charge in [-0.3, -0.25) is 0 Å². The monoisotopic (exact) mass is 183 g/mol. The molecule has 13 heavy (non-hydrogen) atoms. The highest BCUT2D eigenvalue weighted by molar-refractivity contribution is 5.11. The second-order valence-electron chi connectivity index (χ2n) is 3.14. The molecule has 72 valence electrons. The van der Waals surface area contributed by atoms with Crippen molar-refractivity contribution in [2.24, 2.45) is 0 Å². The summed E-state index contributed by atoms with van der Waals surface area (Å²) in [6.45, 7) is 2.06. The zero-order valence-corrected chi connectivity index (χ0v) is 7.27. The second kappa shape index (κ2) is 3.91. The zero-order chi connectivity index (χ0) is 9.10. The van der Waals surface area contributed by atoms with Crippen LogP contribution in [0.3, 0.4) is 0 Å². The van der Waals surface area contributed by atoms with Crippen LogP contribution >= 0.6 is 0 Å². The normalized spacial score (nSPS) is 25.8. The molecule has 2 unspecified atom stereocenters. The van der Waals surface area contributed by atoms with Gasteiger partial charge in [-0.2, -0.15) is 0 Å². The number of aliphatic hydroxyl groups is 1. The highest BCUT2D eigenvalue weighted by atomic mass is 16.5. The highest BCUT2D eigenvalue weighted by Gasteiger charge is 2.23. The number of hydrogen-bond donors (Lipinski definition) is 2. The van der Waals surface area contributed by atoms with Crippen molar-refractivity contribution in [3.8, 4) is 0 Å². The van der Waals surface area contributed by atoms with Crippen LogP contribution in [0.15, 0.2) is 23.0 Å². The summed E-state index contributed by atoms with van der Waals surface area (Å²) in [4.78, 5) is 0. The lowest BCUT2D eigenvalue weighted by atomic mass is 10.1. The van der Waals surface area contributed by atoms with E-state index in [0.717, 1.165) is 12.1 Å². The van der Waals surface area contributed by atoms with E-state index in [0.29, 0.717) is 13.2 Å². The largest absolute Gasteiger partial charge is 0.472 e. The van der Waals surface area contributed by atoms with Gasteiger partial charge in [0, 0.05) is 12.1 Å². The number of nitrogens with one attached hydrogen (secondary N) is 1. The summed E-state index contributed by atoms with van der Waals surface area (Å²) in [5.41, 5.74) is 0.794. The van der Waals surface area contributed by atoms with Crippen LogP contribution in [0.4, 0.5) is 0 Å².